The molecule has 2 N–H and O–H groups in total. The molecule has 0 aliphatic heterocycles. The number of aliphatic carboxylic acids is 1. The molecule has 1 rings (SSSR count). The zero-order chi connectivity index (χ0) is 15.1. The highest BCUT2D eigenvalue weighted by molar-refractivity contribution is 5.75. The lowest BCUT2D eigenvalue weighted by atomic mass is 10.1. The molecule has 0 aliphatic rings. The first-order valence-corrected chi connectivity index (χ1v) is 6.53. The van der Waals surface area contributed by atoms with Gasteiger partial charge in [-0.2, -0.15) is 0 Å². The van der Waals surface area contributed by atoms with Crippen LogP contribution in [0.3, 0.4) is 0 Å². The highest BCUT2D eigenvalue weighted by Gasteiger charge is 2.18. The Balaban J connectivity index is 2.43. The van der Waals surface area contributed by atoms with Crippen molar-refractivity contribution in [3.05, 3.63) is 30.1 Å². The van der Waals surface area contributed by atoms with Crippen molar-refractivity contribution in [2.24, 2.45) is 5.92 Å². The highest BCUT2D eigenvalue weighted by atomic mass is 16.4. The van der Waals surface area contributed by atoms with Gasteiger partial charge in [0.1, 0.15) is 0 Å². The van der Waals surface area contributed by atoms with E-state index < -0.39 is 11.9 Å². The van der Waals surface area contributed by atoms with Crippen molar-refractivity contribution < 1.29 is 14.7 Å². The van der Waals surface area contributed by atoms with Crippen molar-refractivity contribution in [2.45, 2.75) is 26.3 Å². The van der Waals surface area contributed by atoms with E-state index in [2.05, 4.69) is 10.3 Å². The predicted molar refractivity (Wildman–Crippen MR) is 75.4 cm³/mol. The number of carbonyl (C=O) groups excluding carboxylic acids is 1. The Morgan fingerprint density at radius 1 is 1.35 bits per heavy atom. The largest absolute Gasteiger partial charge is 0.481 e. The average Bonchev–Trinajstić information content (AvgIpc) is 2.39. The fraction of sp³-hybridized carbons (Fsp3) is 0.500. The molecule has 1 heterocycles. The predicted octanol–water partition coefficient (Wildman–Crippen LogP) is 1.37. The van der Waals surface area contributed by atoms with Crippen LogP contribution in [-0.4, -0.2) is 46.6 Å². The number of carboxylic acids is 1. The number of nitrogens with one attached hydrogen (secondary N) is 1. The fourth-order valence-corrected chi connectivity index (χ4v) is 1.82. The third kappa shape index (κ3) is 5.26. The molecular weight excluding hydrogens is 258 g/mol. The van der Waals surface area contributed by atoms with Gasteiger partial charge < -0.3 is 15.3 Å². The van der Waals surface area contributed by atoms with Crippen LogP contribution >= 0.6 is 0 Å². The first kappa shape index (κ1) is 15.9. The summed E-state index contributed by atoms with van der Waals surface area (Å²) < 4.78 is 0. The Kier molecular flexibility index (Phi) is 5.96. The van der Waals surface area contributed by atoms with E-state index in [0.29, 0.717) is 6.42 Å². The van der Waals surface area contributed by atoms with Crippen molar-refractivity contribution in [2.75, 3.05) is 13.6 Å². The number of carboxylic acid groups (broad SMARTS) is 1. The lowest BCUT2D eigenvalue weighted by Crippen LogP contribution is -2.44. The van der Waals surface area contributed by atoms with Crippen LogP contribution in [0.1, 0.15) is 19.4 Å². The first-order chi connectivity index (χ1) is 9.40. The number of amides is 2. The molecule has 1 aromatic rings. The van der Waals surface area contributed by atoms with E-state index in [1.54, 1.807) is 26.4 Å². The molecule has 0 bridgehead atoms. The fourth-order valence-electron chi connectivity index (χ4n) is 1.82. The molecule has 6 nitrogen and oxygen atoms in total. The Morgan fingerprint density at radius 3 is 2.50 bits per heavy atom. The summed E-state index contributed by atoms with van der Waals surface area (Å²) in [4.78, 5) is 28.0. The molecular formula is C14H21N3O3. The summed E-state index contributed by atoms with van der Waals surface area (Å²) in [5.41, 5.74) is 1.09. The van der Waals surface area contributed by atoms with E-state index in [1.165, 1.54) is 4.90 Å². The molecule has 0 fully saturated rings. The van der Waals surface area contributed by atoms with Gasteiger partial charge in [0, 0.05) is 32.0 Å². The molecule has 20 heavy (non-hydrogen) atoms. The second-order valence-corrected chi connectivity index (χ2v) is 5.03. The molecule has 0 aliphatic carbocycles. The second-order valence-electron chi connectivity index (χ2n) is 5.03. The van der Waals surface area contributed by atoms with Crippen LogP contribution in [0.2, 0.25) is 0 Å². The number of hydrogen-bond acceptors (Lipinski definition) is 3. The number of nitrogens with zero attached hydrogens (tertiary/aromatic N) is 2. The Morgan fingerprint density at radius 2 is 1.95 bits per heavy atom. The zero-order valence-corrected chi connectivity index (χ0v) is 12.0. The topological polar surface area (TPSA) is 82.5 Å². The van der Waals surface area contributed by atoms with Gasteiger partial charge in [0.05, 0.1) is 5.92 Å². The summed E-state index contributed by atoms with van der Waals surface area (Å²) in [6.45, 7) is 3.67. The van der Waals surface area contributed by atoms with Crippen molar-refractivity contribution in [3.63, 3.8) is 0 Å². The summed E-state index contributed by atoms with van der Waals surface area (Å²) in [6.07, 6.45) is 4.13. The van der Waals surface area contributed by atoms with Crippen LogP contribution in [0.5, 0.6) is 0 Å². The number of pyridine rings is 1. The van der Waals surface area contributed by atoms with Crippen LogP contribution in [0.15, 0.2) is 24.5 Å². The van der Waals surface area contributed by atoms with Crippen molar-refractivity contribution in [3.8, 4) is 0 Å². The van der Waals surface area contributed by atoms with Gasteiger partial charge in [0.25, 0.3) is 0 Å². The number of aromatic nitrogens is 1. The van der Waals surface area contributed by atoms with Crippen LogP contribution in [-0.2, 0) is 11.2 Å². The monoisotopic (exact) mass is 279 g/mol. The van der Waals surface area contributed by atoms with E-state index in [1.807, 2.05) is 19.1 Å². The zero-order valence-electron chi connectivity index (χ0n) is 12.0. The molecule has 0 aromatic carbocycles. The normalized spacial score (nSPS) is 13.3. The Labute approximate surface area is 118 Å². The van der Waals surface area contributed by atoms with Gasteiger partial charge in [-0.05, 0) is 31.0 Å². The first-order valence-electron chi connectivity index (χ1n) is 6.53. The van der Waals surface area contributed by atoms with Gasteiger partial charge in [-0.25, -0.2) is 4.79 Å². The lowest BCUT2D eigenvalue weighted by Gasteiger charge is -2.22. The van der Waals surface area contributed by atoms with Gasteiger partial charge in [-0.15, -0.1) is 0 Å². The molecule has 2 amide bonds. The number of carbonyl (C=O) groups is 2. The third-order valence-corrected chi connectivity index (χ3v) is 2.98. The minimum Gasteiger partial charge on any atom is -0.481 e. The number of urea groups is 1. The van der Waals surface area contributed by atoms with Crippen molar-refractivity contribution in [1.82, 2.24) is 15.2 Å². The van der Waals surface area contributed by atoms with Gasteiger partial charge >= 0.3 is 12.0 Å². The smallest absolute Gasteiger partial charge is 0.317 e. The molecule has 110 valence electrons. The van der Waals surface area contributed by atoms with E-state index in [9.17, 15) is 9.59 Å². The SMILES string of the molecule is CC(Cc1ccncc1)NC(=O)N(C)CC(C)C(=O)O. The maximum absolute atomic E-state index is 11.9. The third-order valence-electron chi connectivity index (χ3n) is 2.98. The number of rotatable bonds is 6. The van der Waals surface area contributed by atoms with E-state index in [4.69, 9.17) is 5.11 Å². The maximum atomic E-state index is 11.9. The molecule has 2 unspecified atom stereocenters. The summed E-state index contributed by atoms with van der Waals surface area (Å²) >= 11 is 0. The summed E-state index contributed by atoms with van der Waals surface area (Å²) in [7, 11) is 1.59. The molecule has 1 aromatic heterocycles. The van der Waals surface area contributed by atoms with Gasteiger partial charge in [-0.3, -0.25) is 9.78 Å². The van der Waals surface area contributed by atoms with E-state index in [0.717, 1.165) is 5.56 Å². The Hall–Kier alpha value is -2.11. The standard InChI is InChI=1S/C14H21N3O3/c1-10(13(18)19)9-17(3)14(20)16-11(2)8-12-4-6-15-7-5-12/h4-7,10-11H,8-9H2,1-3H3,(H,16,20)(H,18,19). The van der Waals surface area contributed by atoms with E-state index >= 15 is 0 Å². The summed E-state index contributed by atoms with van der Waals surface area (Å²) in [5.74, 6) is -1.49. The summed E-state index contributed by atoms with van der Waals surface area (Å²) in [6, 6.07) is 3.50. The lowest BCUT2D eigenvalue weighted by molar-refractivity contribution is -0.141. The van der Waals surface area contributed by atoms with Crippen LogP contribution in [0.25, 0.3) is 0 Å². The van der Waals surface area contributed by atoms with Crippen LogP contribution in [0, 0.1) is 5.92 Å². The molecule has 0 radical (unpaired) electrons. The average molecular weight is 279 g/mol. The van der Waals surface area contributed by atoms with E-state index in [-0.39, 0.29) is 18.6 Å². The second kappa shape index (κ2) is 7.47. The van der Waals surface area contributed by atoms with Gasteiger partial charge in [-0.1, -0.05) is 6.92 Å². The minimum atomic E-state index is -0.908. The maximum Gasteiger partial charge on any atom is 0.317 e. The molecule has 0 spiro atoms. The minimum absolute atomic E-state index is 0.0347. The van der Waals surface area contributed by atoms with Crippen LogP contribution < -0.4 is 5.32 Å². The Bertz CT molecular complexity index is 450. The van der Waals surface area contributed by atoms with Crippen LogP contribution in [0.4, 0.5) is 4.79 Å². The number of hydrogen-bond donors (Lipinski definition) is 2. The molecule has 0 saturated carbocycles. The van der Waals surface area contributed by atoms with Crippen molar-refractivity contribution in [1.29, 1.82) is 0 Å². The summed E-state index contributed by atoms with van der Waals surface area (Å²) in [5, 5.41) is 11.7. The van der Waals surface area contributed by atoms with Gasteiger partial charge in [0.2, 0.25) is 0 Å². The molecule has 0 saturated heterocycles. The van der Waals surface area contributed by atoms with Gasteiger partial charge in [0.15, 0.2) is 0 Å². The quantitative estimate of drug-likeness (QED) is 0.824. The molecule has 2 atom stereocenters. The van der Waals surface area contributed by atoms with Crippen molar-refractivity contribution >= 4 is 12.0 Å². The molecule has 6 heteroatoms. The highest BCUT2D eigenvalue weighted by Crippen LogP contribution is 2.03.